The summed E-state index contributed by atoms with van der Waals surface area (Å²) in [6.45, 7) is 8.33. The summed E-state index contributed by atoms with van der Waals surface area (Å²) in [6.07, 6.45) is 3.72. The van der Waals surface area contributed by atoms with Gasteiger partial charge >= 0.3 is 0 Å². The Labute approximate surface area is 74.6 Å². The van der Waals surface area contributed by atoms with E-state index in [1.807, 2.05) is 0 Å². The molecule has 0 N–H and O–H groups in total. The minimum absolute atomic E-state index is 0.423. The van der Waals surface area contributed by atoms with Crippen molar-refractivity contribution in [1.82, 2.24) is 0 Å². The lowest BCUT2D eigenvalue weighted by molar-refractivity contribution is 0.0926. The molecule has 0 amide bonds. The monoisotopic (exact) mass is 172 g/mol. The summed E-state index contributed by atoms with van der Waals surface area (Å²) < 4.78 is 0. The maximum atomic E-state index is 5.93. The Morgan fingerprint density at radius 2 is 2.18 bits per heavy atom. The average molecular weight is 173 g/mol. The van der Waals surface area contributed by atoms with Gasteiger partial charge in [0.15, 0.2) is 0 Å². The van der Waals surface area contributed by atoms with Crippen molar-refractivity contribution in [1.29, 1.82) is 0 Å². The van der Waals surface area contributed by atoms with E-state index in [4.69, 9.17) is 11.6 Å². The Balaban J connectivity index is 2.44. The quantitative estimate of drug-likeness (QED) is 0.451. The normalized spacial score (nSPS) is 36.5. The van der Waals surface area contributed by atoms with Gasteiger partial charge < -0.3 is 0 Å². The molecule has 1 saturated carbocycles. The molecule has 0 spiro atoms. The molecule has 64 valence electrons. The molecule has 11 heavy (non-hydrogen) atoms. The van der Waals surface area contributed by atoms with Crippen LogP contribution >= 0.6 is 11.6 Å². The maximum absolute atomic E-state index is 5.93. The lowest BCUT2D eigenvalue weighted by Crippen LogP contribution is -2.37. The average Bonchev–Trinajstić information content (AvgIpc) is 1.82. The van der Waals surface area contributed by atoms with E-state index in [9.17, 15) is 0 Å². The number of halogens is 1. The summed E-state index contributed by atoms with van der Waals surface area (Å²) in [7, 11) is 0. The van der Waals surface area contributed by atoms with Crippen LogP contribution in [0.2, 0.25) is 0 Å². The predicted octanol–water partition coefficient (Wildman–Crippen LogP) is 3.61. The second kappa shape index (κ2) is 3.18. The third-order valence-corrected chi connectivity index (χ3v) is 3.09. The molecule has 1 aliphatic carbocycles. The fraction of sp³-hybridized carbons (Fsp3) is 0.800. The van der Waals surface area contributed by atoms with Crippen LogP contribution in [0.1, 0.15) is 33.1 Å². The summed E-state index contributed by atoms with van der Waals surface area (Å²) in [5, 5.41) is 0. The molecule has 0 heterocycles. The smallest absolute Gasteiger partial charge is 0.0283 e. The van der Waals surface area contributed by atoms with Gasteiger partial charge in [-0.25, -0.2) is 0 Å². The van der Waals surface area contributed by atoms with Crippen LogP contribution in [0, 0.1) is 11.3 Å². The first-order chi connectivity index (χ1) is 5.08. The molecule has 0 nitrogen and oxygen atoms in total. The van der Waals surface area contributed by atoms with Gasteiger partial charge in [0, 0.05) is 5.88 Å². The van der Waals surface area contributed by atoms with Crippen LogP contribution in [-0.2, 0) is 0 Å². The summed E-state index contributed by atoms with van der Waals surface area (Å²) in [5.41, 5.74) is 1.70. The molecule has 0 aromatic heterocycles. The van der Waals surface area contributed by atoms with Gasteiger partial charge in [-0.3, -0.25) is 0 Å². The molecule has 0 atom stereocenters. The van der Waals surface area contributed by atoms with Crippen LogP contribution in [0.25, 0.3) is 0 Å². The summed E-state index contributed by atoms with van der Waals surface area (Å²) in [5.74, 6) is 1.69. The predicted molar refractivity (Wildman–Crippen MR) is 51.0 cm³/mol. The van der Waals surface area contributed by atoms with E-state index in [1.165, 1.54) is 18.4 Å². The highest BCUT2D eigenvalue weighted by Gasteiger charge is 2.40. The van der Waals surface area contributed by atoms with Crippen molar-refractivity contribution in [3.8, 4) is 0 Å². The number of hydrogen-bond acceptors (Lipinski definition) is 0. The highest BCUT2D eigenvalue weighted by Crippen LogP contribution is 2.49. The van der Waals surface area contributed by atoms with Crippen molar-refractivity contribution in [2.24, 2.45) is 11.3 Å². The largest absolute Gasteiger partial charge is 0.126 e. The van der Waals surface area contributed by atoms with Crippen LogP contribution in [-0.4, -0.2) is 5.88 Å². The fourth-order valence-corrected chi connectivity index (χ4v) is 2.67. The number of allylic oxidation sites excluding steroid dienone is 1. The molecule has 0 unspecified atom stereocenters. The van der Waals surface area contributed by atoms with Gasteiger partial charge in [-0.15, -0.1) is 18.2 Å². The fourth-order valence-electron chi connectivity index (χ4n) is 2.36. The maximum Gasteiger partial charge on any atom is 0.0283 e. The molecular formula is C10H17Cl. The molecule has 0 aliphatic heterocycles. The Morgan fingerprint density at radius 3 is 2.45 bits per heavy atom. The summed E-state index contributed by atoms with van der Waals surface area (Å²) >= 11 is 5.93. The molecule has 0 radical (unpaired) electrons. The molecule has 0 aromatic carbocycles. The molecule has 0 bridgehead atoms. The second-order valence-electron chi connectivity index (χ2n) is 4.28. The van der Waals surface area contributed by atoms with Gasteiger partial charge in [0.05, 0.1) is 0 Å². The molecule has 0 aromatic rings. The molecule has 1 heteroatoms. The van der Waals surface area contributed by atoms with Crippen LogP contribution in [0.15, 0.2) is 12.2 Å². The van der Waals surface area contributed by atoms with E-state index in [0.29, 0.717) is 5.41 Å². The number of hydrogen-bond donors (Lipinski definition) is 0. The van der Waals surface area contributed by atoms with E-state index in [0.717, 1.165) is 18.2 Å². The Kier molecular flexibility index (Phi) is 2.64. The van der Waals surface area contributed by atoms with Crippen molar-refractivity contribution in [3.05, 3.63) is 12.2 Å². The van der Waals surface area contributed by atoms with Crippen LogP contribution < -0.4 is 0 Å². The van der Waals surface area contributed by atoms with Crippen LogP contribution in [0.3, 0.4) is 0 Å². The summed E-state index contributed by atoms with van der Waals surface area (Å²) in [6, 6.07) is 0. The third-order valence-electron chi connectivity index (χ3n) is 2.52. The lowest BCUT2D eigenvalue weighted by atomic mass is 9.61. The Bertz CT molecular complexity index is 154. The molecule has 0 saturated heterocycles. The van der Waals surface area contributed by atoms with E-state index in [1.54, 1.807) is 0 Å². The zero-order valence-electron chi connectivity index (χ0n) is 7.49. The van der Waals surface area contributed by atoms with Crippen LogP contribution in [0.4, 0.5) is 0 Å². The van der Waals surface area contributed by atoms with Gasteiger partial charge in [-0.1, -0.05) is 12.5 Å². The van der Waals surface area contributed by atoms with E-state index >= 15 is 0 Å². The minimum Gasteiger partial charge on any atom is -0.126 e. The van der Waals surface area contributed by atoms with Crippen molar-refractivity contribution in [2.75, 3.05) is 5.88 Å². The standard InChI is InChI=1S/C10H17Cl/c1-8(2)4-10(7-11)5-9(3)6-10/h9H,1,4-7H2,2-3H3. The third kappa shape index (κ3) is 1.99. The highest BCUT2D eigenvalue weighted by atomic mass is 35.5. The van der Waals surface area contributed by atoms with Crippen molar-refractivity contribution in [2.45, 2.75) is 33.1 Å². The van der Waals surface area contributed by atoms with Gasteiger partial charge in [0.25, 0.3) is 0 Å². The van der Waals surface area contributed by atoms with Crippen LogP contribution in [0.5, 0.6) is 0 Å². The SMILES string of the molecule is C=C(C)CC1(CCl)CC(C)C1. The van der Waals surface area contributed by atoms with Crippen molar-refractivity contribution >= 4 is 11.6 Å². The highest BCUT2D eigenvalue weighted by molar-refractivity contribution is 6.18. The zero-order chi connectivity index (χ0) is 8.48. The molecule has 1 rings (SSSR count). The number of rotatable bonds is 3. The van der Waals surface area contributed by atoms with Gasteiger partial charge in [-0.2, -0.15) is 0 Å². The van der Waals surface area contributed by atoms with Gasteiger partial charge in [0.2, 0.25) is 0 Å². The lowest BCUT2D eigenvalue weighted by Gasteiger charge is -2.45. The number of alkyl halides is 1. The first-order valence-electron chi connectivity index (χ1n) is 4.28. The Morgan fingerprint density at radius 1 is 1.64 bits per heavy atom. The van der Waals surface area contributed by atoms with E-state index in [2.05, 4.69) is 20.4 Å². The van der Waals surface area contributed by atoms with Crippen molar-refractivity contribution in [3.63, 3.8) is 0 Å². The minimum atomic E-state index is 0.423. The molecular weight excluding hydrogens is 156 g/mol. The van der Waals surface area contributed by atoms with E-state index < -0.39 is 0 Å². The summed E-state index contributed by atoms with van der Waals surface area (Å²) in [4.78, 5) is 0. The molecule has 1 aliphatic rings. The topological polar surface area (TPSA) is 0 Å². The molecule has 1 fully saturated rings. The van der Waals surface area contributed by atoms with Gasteiger partial charge in [-0.05, 0) is 37.5 Å². The first-order valence-corrected chi connectivity index (χ1v) is 4.82. The zero-order valence-corrected chi connectivity index (χ0v) is 8.25. The second-order valence-corrected chi connectivity index (χ2v) is 4.55. The first kappa shape index (κ1) is 9.12. The van der Waals surface area contributed by atoms with Crippen molar-refractivity contribution < 1.29 is 0 Å². The van der Waals surface area contributed by atoms with Gasteiger partial charge in [0.1, 0.15) is 0 Å². The Hall–Kier alpha value is 0.0300. The van der Waals surface area contributed by atoms with E-state index in [-0.39, 0.29) is 0 Å².